The molecule has 0 aliphatic rings. The fraction of sp³-hybridized carbons (Fsp3) is 0.667. The topological polar surface area (TPSA) is 78.8 Å². The second kappa shape index (κ2) is 14.1. The van der Waals surface area contributed by atoms with Gasteiger partial charge in [-0.15, -0.1) is 24.0 Å². The lowest BCUT2D eigenvalue weighted by Crippen LogP contribution is -2.40. The summed E-state index contributed by atoms with van der Waals surface area (Å²) in [6.45, 7) is 8.87. The molecule has 0 aliphatic heterocycles. The summed E-state index contributed by atoms with van der Waals surface area (Å²) in [6.07, 6.45) is 3.63. The van der Waals surface area contributed by atoms with Crippen molar-refractivity contribution in [2.45, 2.75) is 40.2 Å². The minimum atomic E-state index is 0. The highest BCUT2D eigenvalue weighted by atomic mass is 127. The van der Waals surface area contributed by atoms with E-state index in [9.17, 15) is 5.11 Å². The molecule has 25 heavy (non-hydrogen) atoms. The van der Waals surface area contributed by atoms with E-state index in [1.807, 2.05) is 19.1 Å². The Labute approximate surface area is 168 Å². The fourth-order valence-electron chi connectivity index (χ4n) is 2.57. The van der Waals surface area contributed by atoms with E-state index in [4.69, 9.17) is 4.74 Å². The van der Waals surface area contributed by atoms with Gasteiger partial charge in [0.25, 0.3) is 0 Å². The number of guanidine groups is 1. The second-order valence-electron chi connectivity index (χ2n) is 6.29. The minimum Gasteiger partial charge on any atom is -0.481 e. The Morgan fingerprint density at radius 2 is 2.12 bits per heavy atom. The van der Waals surface area contributed by atoms with Gasteiger partial charge in [0.2, 0.25) is 5.88 Å². The largest absolute Gasteiger partial charge is 0.481 e. The number of halogens is 1. The average Bonchev–Trinajstić information content (AvgIpc) is 2.57. The van der Waals surface area contributed by atoms with Gasteiger partial charge < -0.3 is 20.5 Å². The molecule has 0 aromatic carbocycles. The highest BCUT2D eigenvalue weighted by molar-refractivity contribution is 14.0. The number of nitrogens with one attached hydrogen (secondary N) is 2. The van der Waals surface area contributed by atoms with Crippen molar-refractivity contribution in [1.82, 2.24) is 15.6 Å². The quantitative estimate of drug-likeness (QED) is 0.282. The summed E-state index contributed by atoms with van der Waals surface area (Å²) < 4.78 is 5.14. The molecular weight excluding hydrogens is 431 g/mol. The molecule has 1 atom stereocenters. The SMILES string of the molecule is CCNC(=NCc1ccnc(OC)c1)NCC(CCO)CC(C)C.I. The Balaban J connectivity index is 0.00000576. The summed E-state index contributed by atoms with van der Waals surface area (Å²) in [4.78, 5) is 8.72. The van der Waals surface area contributed by atoms with Crippen molar-refractivity contribution in [3.63, 3.8) is 0 Å². The van der Waals surface area contributed by atoms with E-state index in [2.05, 4.69) is 34.5 Å². The zero-order chi connectivity index (χ0) is 17.8. The molecule has 0 saturated heterocycles. The van der Waals surface area contributed by atoms with Crippen molar-refractivity contribution in [2.24, 2.45) is 16.8 Å². The maximum Gasteiger partial charge on any atom is 0.213 e. The molecule has 1 unspecified atom stereocenters. The first-order valence-corrected chi connectivity index (χ1v) is 8.71. The van der Waals surface area contributed by atoms with Crippen LogP contribution < -0.4 is 15.4 Å². The number of nitrogens with zero attached hydrogens (tertiary/aromatic N) is 2. The number of hydrogen-bond donors (Lipinski definition) is 3. The highest BCUT2D eigenvalue weighted by Crippen LogP contribution is 2.14. The molecule has 1 aromatic heterocycles. The Morgan fingerprint density at radius 1 is 1.36 bits per heavy atom. The molecule has 6 nitrogen and oxygen atoms in total. The molecule has 1 aromatic rings. The maximum atomic E-state index is 9.23. The van der Waals surface area contributed by atoms with E-state index in [1.165, 1.54) is 0 Å². The Morgan fingerprint density at radius 3 is 2.72 bits per heavy atom. The molecule has 0 aliphatic carbocycles. The van der Waals surface area contributed by atoms with Crippen molar-refractivity contribution in [2.75, 3.05) is 26.8 Å². The molecule has 0 amide bonds. The molecule has 1 heterocycles. The number of aliphatic imine (C=N–C) groups is 1. The number of methoxy groups -OCH3 is 1. The second-order valence-corrected chi connectivity index (χ2v) is 6.29. The molecule has 144 valence electrons. The first kappa shape index (κ1) is 23.9. The van der Waals surface area contributed by atoms with E-state index in [0.717, 1.165) is 37.5 Å². The van der Waals surface area contributed by atoms with E-state index < -0.39 is 0 Å². The van der Waals surface area contributed by atoms with Gasteiger partial charge in [0.15, 0.2) is 5.96 Å². The van der Waals surface area contributed by atoms with Crippen molar-refractivity contribution < 1.29 is 9.84 Å². The van der Waals surface area contributed by atoms with Gasteiger partial charge in [0, 0.05) is 32.0 Å². The summed E-state index contributed by atoms with van der Waals surface area (Å²) in [6, 6.07) is 3.82. The third kappa shape index (κ3) is 10.5. The maximum absolute atomic E-state index is 9.23. The number of pyridine rings is 1. The fourth-order valence-corrected chi connectivity index (χ4v) is 2.57. The van der Waals surface area contributed by atoms with E-state index in [-0.39, 0.29) is 30.6 Å². The predicted molar refractivity (Wildman–Crippen MR) is 114 cm³/mol. The van der Waals surface area contributed by atoms with Crippen LogP contribution in [0.15, 0.2) is 23.3 Å². The van der Waals surface area contributed by atoms with Crippen LogP contribution in [0.2, 0.25) is 0 Å². The monoisotopic (exact) mass is 464 g/mol. The van der Waals surface area contributed by atoms with Crippen LogP contribution in [0.25, 0.3) is 0 Å². The van der Waals surface area contributed by atoms with Gasteiger partial charge in [-0.3, -0.25) is 0 Å². The van der Waals surface area contributed by atoms with Gasteiger partial charge in [-0.25, -0.2) is 9.98 Å². The van der Waals surface area contributed by atoms with Crippen molar-refractivity contribution in [1.29, 1.82) is 0 Å². The molecule has 0 bridgehead atoms. The number of aliphatic hydroxyl groups excluding tert-OH is 1. The molecule has 0 fully saturated rings. The standard InChI is InChI=1S/C18H32N4O2.HI/c1-5-19-18(22-13-16(7-9-23)10-14(2)3)21-12-15-6-8-20-17(11-15)24-4;/h6,8,11,14,16,23H,5,7,9-10,12-13H2,1-4H3,(H2,19,21,22);1H. The molecule has 1 rings (SSSR count). The van der Waals surface area contributed by atoms with Crippen molar-refractivity contribution in [3.05, 3.63) is 23.9 Å². The third-order valence-corrected chi connectivity index (χ3v) is 3.67. The van der Waals surface area contributed by atoms with Gasteiger partial charge in [-0.2, -0.15) is 0 Å². The summed E-state index contributed by atoms with van der Waals surface area (Å²) in [5.74, 6) is 2.45. The number of aromatic nitrogens is 1. The first-order valence-electron chi connectivity index (χ1n) is 8.71. The van der Waals surface area contributed by atoms with Crippen LogP contribution in [0, 0.1) is 11.8 Å². The zero-order valence-corrected chi connectivity index (χ0v) is 18.1. The summed E-state index contributed by atoms with van der Waals surface area (Å²) in [7, 11) is 1.61. The van der Waals surface area contributed by atoms with Crippen LogP contribution >= 0.6 is 24.0 Å². The van der Waals surface area contributed by atoms with Crippen LogP contribution in [0.1, 0.15) is 39.2 Å². The first-order chi connectivity index (χ1) is 11.6. The third-order valence-electron chi connectivity index (χ3n) is 3.67. The van der Waals surface area contributed by atoms with Crippen LogP contribution in [-0.2, 0) is 6.54 Å². The zero-order valence-electron chi connectivity index (χ0n) is 15.8. The minimum absolute atomic E-state index is 0. The Bertz CT molecular complexity index is 498. The van der Waals surface area contributed by atoms with Gasteiger partial charge in [0.1, 0.15) is 0 Å². The number of hydrogen-bond acceptors (Lipinski definition) is 4. The van der Waals surface area contributed by atoms with E-state index in [1.54, 1.807) is 13.3 Å². The lowest BCUT2D eigenvalue weighted by molar-refractivity contribution is 0.243. The predicted octanol–water partition coefficient (Wildman–Crippen LogP) is 2.81. The van der Waals surface area contributed by atoms with Gasteiger partial charge in [-0.05, 0) is 43.2 Å². The van der Waals surface area contributed by atoms with Gasteiger partial charge in [0.05, 0.1) is 13.7 Å². The van der Waals surface area contributed by atoms with Crippen molar-refractivity contribution >= 4 is 29.9 Å². The molecular formula is C18H33IN4O2. The summed E-state index contributed by atoms with van der Waals surface area (Å²) >= 11 is 0. The van der Waals surface area contributed by atoms with Crippen LogP contribution in [0.5, 0.6) is 5.88 Å². The Kier molecular flexibility index (Phi) is 13.5. The molecule has 0 saturated carbocycles. The number of aliphatic hydroxyl groups is 1. The summed E-state index contributed by atoms with van der Waals surface area (Å²) in [5.41, 5.74) is 1.05. The van der Waals surface area contributed by atoms with Crippen LogP contribution in [-0.4, -0.2) is 42.9 Å². The number of rotatable bonds is 10. The lowest BCUT2D eigenvalue weighted by atomic mass is 9.94. The van der Waals surface area contributed by atoms with Gasteiger partial charge in [-0.1, -0.05) is 13.8 Å². The van der Waals surface area contributed by atoms with Gasteiger partial charge >= 0.3 is 0 Å². The molecule has 0 spiro atoms. The summed E-state index contributed by atoms with van der Waals surface area (Å²) in [5, 5.41) is 15.9. The van der Waals surface area contributed by atoms with Crippen LogP contribution in [0.3, 0.4) is 0 Å². The van der Waals surface area contributed by atoms with E-state index >= 15 is 0 Å². The molecule has 3 N–H and O–H groups in total. The average molecular weight is 464 g/mol. The lowest BCUT2D eigenvalue weighted by Gasteiger charge is -2.20. The van der Waals surface area contributed by atoms with E-state index in [0.29, 0.717) is 24.3 Å². The molecule has 0 radical (unpaired) electrons. The normalized spacial score (nSPS) is 12.5. The highest BCUT2D eigenvalue weighted by Gasteiger charge is 2.11. The van der Waals surface area contributed by atoms with Crippen LogP contribution in [0.4, 0.5) is 0 Å². The smallest absolute Gasteiger partial charge is 0.213 e. The van der Waals surface area contributed by atoms with Crippen molar-refractivity contribution in [3.8, 4) is 5.88 Å². The molecule has 7 heteroatoms. The number of ether oxygens (including phenoxy) is 1. The Hall–Kier alpha value is -1.09.